The van der Waals surface area contributed by atoms with Crippen LogP contribution in [0, 0.1) is 0 Å². The molecule has 88 valence electrons. The molecular weight excluding hydrogens is 272 g/mol. The number of amides is 1. The molecule has 0 aliphatic carbocycles. The first-order valence-electron chi connectivity index (χ1n) is 4.88. The van der Waals surface area contributed by atoms with Crippen molar-refractivity contribution in [1.29, 1.82) is 0 Å². The highest BCUT2D eigenvalue weighted by molar-refractivity contribution is 9.11. The monoisotopic (exact) mass is 286 g/mol. The third kappa shape index (κ3) is 2.85. The van der Waals surface area contributed by atoms with Crippen molar-refractivity contribution < 1.29 is 4.79 Å². The molecule has 1 heterocycles. The van der Waals surface area contributed by atoms with E-state index in [0.717, 1.165) is 5.69 Å². The summed E-state index contributed by atoms with van der Waals surface area (Å²) in [4.78, 5) is 11.7. The second-order valence-corrected chi connectivity index (χ2v) is 4.88. The van der Waals surface area contributed by atoms with Crippen molar-refractivity contribution in [3.05, 3.63) is 22.4 Å². The van der Waals surface area contributed by atoms with Gasteiger partial charge in [-0.15, -0.1) is 0 Å². The highest BCUT2D eigenvalue weighted by Gasteiger charge is 2.18. The quantitative estimate of drug-likeness (QED) is 0.789. The summed E-state index contributed by atoms with van der Waals surface area (Å²) in [6.07, 6.45) is 0. The molecule has 1 rings (SSSR count). The van der Waals surface area contributed by atoms with Crippen LogP contribution in [0.1, 0.15) is 35.9 Å². The Morgan fingerprint density at radius 2 is 2.31 bits per heavy atom. The summed E-state index contributed by atoms with van der Waals surface area (Å²) in [6, 6.07) is 0. The molecule has 0 atom stereocenters. The van der Waals surface area contributed by atoms with Crippen LogP contribution < -0.4 is 11.1 Å². The number of aromatic nitrogens is 2. The molecule has 1 aromatic rings. The van der Waals surface area contributed by atoms with E-state index in [-0.39, 0.29) is 17.5 Å². The molecule has 5 nitrogen and oxygen atoms in total. The van der Waals surface area contributed by atoms with Gasteiger partial charge in [0.15, 0.2) is 5.69 Å². The summed E-state index contributed by atoms with van der Waals surface area (Å²) in [5, 5.41) is 9.32. The molecule has 16 heavy (non-hydrogen) atoms. The Kier molecular flexibility index (Phi) is 4.12. The van der Waals surface area contributed by atoms with Gasteiger partial charge < -0.3 is 11.1 Å². The number of carbonyl (C=O) groups is 1. The van der Waals surface area contributed by atoms with E-state index >= 15 is 0 Å². The van der Waals surface area contributed by atoms with Gasteiger partial charge in [0.2, 0.25) is 0 Å². The molecule has 0 bridgehead atoms. The SMILES string of the molecule is C=C(Br)CNC(=O)c1n[nH]c(C(C)C)c1N. The Bertz CT molecular complexity index is 411. The molecule has 0 spiro atoms. The summed E-state index contributed by atoms with van der Waals surface area (Å²) in [5.74, 6) is -0.0959. The summed E-state index contributed by atoms with van der Waals surface area (Å²) >= 11 is 3.15. The van der Waals surface area contributed by atoms with Crippen molar-refractivity contribution in [1.82, 2.24) is 15.5 Å². The van der Waals surface area contributed by atoms with Gasteiger partial charge in [0.1, 0.15) is 0 Å². The Hall–Kier alpha value is -1.30. The number of H-pyrrole nitrogens is 1. The van der Waals surface area contributed by atoms with Gasteiger partial charge in [-0.2, -0.15) is 5.10 Å². The van der Waals surface area contributed by atoms with Crippen LogP contribution in [0.5, 0.6) is 0 Å². The molecule has 0 aliphatic rings. The van der Waals surface area contributed by atoms with E-state index in [2.05, 4.69) is 38.0 Å². The first-order chi connectivity index (χ1) is 7.43. The Morgan fingerprint density at radius 1 is 1.69 bits per heavy atom. The van der Waals surface area contributed by atoms with E-state index in [1.165, 1.54) is 0 Å². The Morgan fingerprint density at radius 3 is 2.75 bits per heavy atom. The number of rotatable bonds is 4. The van der Waals surface area contributed by atoms with Crippen molar-refractivity contribution in [2.75, 3.05) is 12.3 Å². The maximum Gasteiger partial charge on any atom is 0.274 e. The summed E-state index contributed by atoms with van der Waals surface area (Å²) < 4.78 is 0.694. The normalized spacial score (nSPS) is 10.5. The molecule has 1 amide bonds. The number of hydrogen-bond acceptors (Lipinski definition) is 3. The van der Waals surface area contributed by atoms with Crippen LogP contribution in [0.15, 0.2) is 11.1 Å². The molecule has 6 heteroatoms. The predicted octanol–water partition coefficient (Wildman–Crippen LogP) is 1.75. The lowest BCUT2D eigenvalue weighted by Gasteiger charge is -2.04. The van der Waals surface area contributed by atoms with Crippen molar-refractivity contribution in [2.45, 2.75) is 19.8 Å². The van der Waals surface area contributed by atoms with Gasteiger partial charge in [0.05, 0.1) is 11.4 Å². The zero-order chi connectivity index (χ0) is 12.3. The fourth-order valence-corrected chi connectivity index (χ4v) is 1.38. The van der Waals surface area contributed by atoms with Crippen LogP contribution in [0.4, 0.5) is 5.69 Å². The molecule has 0 fully saturated rings. The van der Waals surface area contributed by atoms with Crippen molar-refractivity contribution in [2.24, 2.45) is 0 Å². The fourth-order valence-electron chi connectivity index (χ4n) is 1.24. The van der Waals surface area contributed by atoms with Gasteiger partial charge in [-0.05, 0) is 5.92 Å². The zero-order valence-corrected chi connectivity index (χ0v) is 10.9. The third-order valence-corrected chi connectivity index (χ3v) is 2.35. The number of nitrogens with two attached hydrogens (primary N) is 1. The molecule has 4 N–H and O–H groups in total. The number of nitrogens with one attached hydrogen (secondary N) is 2. The van der Waals surface area contributed by atoms with Crippen molar-refractivity contribution in [3.8, 4) is 0 Å². The maximum absolute atomic E-state index is 11.7. The first kappa shape index (κ1) is 12.8. The van der Waals surface area contributed by atoms with Gasteiger partial charge in [-0.25, -0.2) is 0 Å². The van der Waals surface area contributed by atoms with E-state index in [9.17, 15) is 4.79 Å². The highest BCUT2D eigenvalue weighted by Crippen LogP contribution is 2.21. The number of nitrogen functional groups attached to an aromatic ring is 1. The molecule has 0 unspecified atom stereocenters. The minimum absolute atomic E-state index is 0.209. The summed E-state index contributed by atoms with van der Waals surface area (Å²) in [5.41, 5.74) is 7.25. The molecule has 0 aromatic carbocycles. The average molecular weight is 287 g/mol. The number of halogens is 1. The zero-order valence-electron chi connectivity index (χ0n) is 9.30. The van der Waals surface area contributed by atoms with E-state index in [1.54, 1.807) is 0 Å². The topological polar surface area (TPSA) is 83.8 Å². The van der Waals surface area contributed by atoms with Crippen molar-refractivity contribution in [3.63, 3.8) is 0 Å². The number of carbonyl (C=O) groups excluding carboxylic acids is 1. The number of aromatic amines is 1. The van der Waals surface area contributed by atoms with E-state index in [4.69, 9.17) is 5.73 Å². The van der Waals surface area contributed by atoms with Crippen molar-refractivity contribution >= 4 is 27.5 Å². The molecular formula is C10H15BrN4O. The Balaban J connectivity index is 2.80. The first-order valence-corrected chi connectivity index (χ1v) is 5.68. The van der Waals surface area contributed by atoms with E-state index in [1.807, 2.05) is 13.8 Å². The largest absolute Gasteiger partial charge is 0.395 e. The second-order valence-electron chi connectivity index (χ2n) is 3.75. The van der Waals surface area contributed by atoms with Gasteiger partial charge in [0.25, 0.3) is 5.91 Å². The molecule has 0 saturated carbocycles. The highest BCUT2D eigenvalue weighted by atomic mass is 79.9. The van der Waals surface area contributed by atoms with Gasteiger partial charge in [-0.1, -0.05) is 36.4 Å². The lowest BCUT2D eigenvalue weighted by molar-refractivity contribution is 0.0953. The van der Waals surface area contributed by atoms with Gasteiger partial charge >= 0.3 is 0 Å². The standard InChI is InChI=1S/C10H15BrN4O/c1-5(2)8-7(12)9(15-14-8)10(16)13-4-6(3)11/h5H,3-4,12H2,1-2H3,(H,13,16)(H,14,15). The molecule has 0 saturated heterocycles. The minimum Gasteiger partial charge on any atom is -0.395 e. The smallest absolute Gasteiger partial charge is 0.274 e. The minimum atomic E-state index is -0.304. The van der Waals surface area contributed by atoms with E-state index in [0.29, 0.717) is 16.7 Å². The van der Waals surface area contributed by atoms with Crippen LogP contribution >= 0.6 is 15.9 Å². The van der Waals surface area contributed by atoms with Gasteiger partial charge in [0, 0.05) is 11.0 Å². The third-order valence-electron chi connectivity index (χ3n) is 2.07. The lowest BCUT2D eigenvalue weighted by Crippen LogP contribution is -2.25. The molecule has 0 radical (unpaired) electrons. The van der Waals surface area contributed by atoms with Crippen LogP contribution in [0.3, 0.4) is 0 Å². The Labute approximate surface area is 103 Å². The van der Waals surface area contributed by atoms with Crippen LogP contribution in [-0.4, -0.2) is 22.6 Å². The van der Waals surface area contributed by atoms with Crippen LogP contribution in [-0.2, 0) is 0 Å². The number of nitrogens with zero attached hydrogens (tertiary/aromatic N) is 1. The summed E-state index contributed by atoms with van der Waals surface area (Å²) in [7, 11) is 0. The number of hydrogen-bond donors (Lipinski definition) is 3. The molecule has 0 aliphatic heterocycles. The maximum atomic E-state index is 11.7. The molecule has 1 aromatic heterocycles. The fraction of sp³-hybridized carbons (Fsp3) is 0.400. The second kappa shape index (κ2) is 5.16. The lowest BCUT2D eigenvalue weighted by atomic mass is 10.1. The number of anilines is 1. The van der Waals surface area contributed by atoms with Crippen LogP contribution in [0.25, 0.3) is 0 Å². The van der Waals surface area contributed by atoms with Crippen LogP contribution in [0.2, 0.25) is 0 Å². The summed E-state index contributed by atoms with van der Waals surface area (Å²) in [6.45, 7) is 7.92. The van der Waals surface area contributed by atoms with E-state index < -0.39 is 0 Å². The average Bonchev–Trinajstić information content (AvgIpc) is 2.56. The van der Waals surface area contributed by atoms with Gasteiger partial charge in [-0.3, -0.25) is 9.89 Å². The predicted molar refractivity (Wildman–Crippen MR) is 67.5 cm³/mol.